The second kappa shape index (κ2) is 6.05. The Hall–Kier alpha value is 0.970. The molecule has 1 aromatic heterocycles. The molecule has 0 radical (unpaired) electrons. The Bertz CT molecular complexity index is 316. The van der Waals surface area contributed by atoms with Crippen molar-refractivity contribution in [3.05, 3.63) is 20.8 Å². The van der Waals surface area contributed by atoms with Crippen LogP contribution in [0.2, 0.25) is 0 Å². The summed E-state index contributed by atoms with van der Waals surface area (Å²) in [6.07, 6.45) is 0. The van der Waals surface area contributed by atoms with Gasteiger partial charge in [-0.15, -0.1) is 11.3 Å². The normalized spacial score (nSPS) is 23.2. The van der Waals surface area contributed by atoms with Crippen LogP contribution in [0.25, 0.3) is 0 Å². The molecule has 1 aliphatic heterocycles. The minimum absolute atomic E-state index is 0.699. The van der Waals surface area contributed by atoms with E-state index in [4.69, 9.17) is 0 Å². The van der Waals surface area contributed by atoms with Gasteiger partial charge in [0, 0.05) is 40.8 Å². The van der Waals surface area contributed by atoms with E-state index in [2.05, 4.69) is 60.7 Å². The lowest BCUT2D eigenvalue weighted by atomic mass is 10.3. The van der Waals surface area contributed by atoms with Crippen LogP contribution in [0.15, 0.2) is 15.9 Å². The number of halogens is 2. The molecule has 0 spiro atoms. The largest absolute Gasteiger partial charge is 0.293 e. The summed E-state index contributed by atoms with van der Waals surface area (Å²) in [5, 5.41) is 1.09. The maximum Gasteiger partial charge on any atom is 0.0701 e. The molecule has 0 bridgehead atoms. The van der Waals surface area contributed by atoms with E-state index in [1.165, 1.54) is 26.7 Å². The Labute approximate surface area is 116 Å². The van der Waals surface area contributed by atoms with Crippen LogP contribution in [0.1, 0.15) is 4.88 Å². The molecular formula is C10H13Br2NS2. The van der Waals surface area contributed by atoms with Crippen LogP contribution in [0, 0.1) is 0 Å². The van der Waals surface area contributed by atoms with E-state index in [1.54, 1.807) is 0 Å². The molecule has 1 atom stereocenters. The third-order valence-electron chi connectivity index (χ3n) is 2.52. The van der Waals surface area contributed by atoms with Gasteiger partial charge in [0.25, 0.3) is 0 Å². The molecule has 1 nitrogen and oxygen atoms in total. The summed E-state index contributed by atoms with van der Waals surface area (Å²) >= 11 is 11.0. The fourth-order valence-electron chi connectivity index (χ4n) is 1.68. The second-order valence-electron chi connectivity index (χ2n) is 3.56. The summed E-state index contributed by atoms with van der Waals surface area (Å²) in [6, 6.07) is 5.06. The topological polar surface area (TPSA) is 3.24 Å². The molecule has 0 amide bonds. The van der Waals surface area contributed by atoms with Crippen LogP contribution in [-0.4, -0.2) is 34.3 Å². The van der Waals surface area contributed by atoms with Crippen molar-refractivity contribution in [3.63, 3.8) is 0 Å². The molecule has 2 rings (SSSR count). The van der Waals surface area contributed by atoms with Gasteiger partial charge in [0.1, 0.15) is 0 Å². The summed E-state index contributed by atoms with van der Waals surface area (Å²) in [5.74, 6) is 2.54. The average Bonchev–Trinajstić information content (AvgIpc) is 2.65. The lowest BCUT2D eigenvalue weighted by Crippen LogP contribution is -2.42. The van der Waals surface area contributed by atoms with Crippen molar-refractivity contribution >= 4 is 55.0 Å². The van der Waals surface area contributed by atoms with Gasteiger partial charge in [-0.1, -0.05) is 15.9 Å². The van der Waals surface area contributed by atoms with Gasteiger partial charge in [0.15, 0.2) is 0 Å². The predicted octanol–water partition coefficient (Wildman–Crippen LogP) is 3.82. The third kappa shape index (κ3) is 3.46. The molecule has 84 valence electrons. The minimum Gasteiger partial charge on any atom is -0.293 e. The van der Waals surface area contributed by atoms with Crippen molar-refractivity contribution in [1.82, 2.24) is 4.90 Å². The number of thiophene rings is 1. The SMILES string of the molecule is BrCC1CSCCN1Cc1ccc(Br)s1. The van der Waals surface area contributed by atoms with Crippen LogP contribution < -0.4 is 0 Å². The van der Waals surface area contributed by atoms with E-state index in [0.717, 1.165) is 11.9 Å². The van der Waals surface area contributed by atoms with Crippen molar-refractivity contribution in [2.75, 3.05) is 23.4 Å². The van der Waals surface area contributed by atoms with Crippen LogP contribution >= 0.6 is 55.0 Å². The molecule has 5 heteroatoms. The number of hydrogen-bond donors (Lipinski definition) is 0. The zero-order valence-electron chi connectivity index (χ0n) is 8.29. The summed E-state index contributed by atoms with van der Waals surface area (Å²) in [4.78, 5) is 4.04. The number of hydrogen-bond acceptors (Lipinski definition) is 3. The van der Waals surface area contributed by atoms with Gasteiger partial charge in [0.2, 0.25) is 0 Å². The average molecular weight is 371 g/mol. The molecule has 0 aromatic carbocycles. The maximum atomic E-state index is 3.61. The van der Waals surface area contributed by atoms with Crippen LogP contribution in [0.4, 0.5) is 0 Å². The van der Waals surface area contributed by atoms with Crippen molar-refractivity contribution in [2.45, 2.75) is 12.6 Å². The maximum absolute atomic E-state index is 3.61. The van der Waals surface area contributed by atoms with Gasteiger partial charge in [-0.05, 0) is 28.1 Å². The Morgan fingerprint density at radius 3 is 3.00 bits per heavy atom. The van der Waals surface area contributed by atoms with Gasteiger partial charge >= 0.3 is 0 Å². The van der Waals surface area contributed by atoms with Crippen LogP contribution in [0.3, 0.4) is 0 Å². The summed E-state index contributed by atoms with van der Waals surface area (Å²) < 4.78 is 1.24. The smallest absolute Gasteiger partial charge is 0.0701 e. The van der Waals surface area contributed by atoms with Crippen molar-refractivity contribution in [3.8, 4) is 0 Å². The second-order valence-corrected chi connectivity index (χ2v) is 7.90. The summed E-state index contributed by atoms with van der Waals surface area (Å²) in [6.45, 7) is 2.32. The zero-order chi connectivity index (χ0) is 10.7. The van der Waals surface area contributed by atoms with Crippen molar-refractivity contribution in [2.24, 2.45) is 0 Å². The number of rotatable bonds is 3. The quantitative estimate of drug-likeness (QED) is 0.744. The summed E-state index contributed by atoms with van der Waals surface area (Å²) in [5.41, 5.74) is 0. The molecule has 1 aliphatic rings. The molecule has 15 heavy (non-hydrogen) atoms. The van der Waals surface area contributed by atoms with Gasteiger partial charge in [-0.25, -0.2) is 0 Å². The Morgan fingerprint density at radius 1 is 1.47 bits per heavy atom. The fourth-order valence-corrected chi connectivity index (χ4v) is 5.26. The van der Waals surface area contributed by atoms with Crippen LogP contribution in [0.5, 0.6) is 0 Å². The molecule has 1 unspecified atom stereocenters. The Kier molecular flexibility index (Phi) is 5.01. The van der Waals surface area contributed by atoms with Crippen molar-refractivity contribution in [1.29, 1.82) is 0 Å². The molecule has 1 fully saturated rings. The predicted molar refractivity (Wildman–Crippen MR) is 77.3 cm³/mol. The van der Waals surface area contributed by atoms with Gasteiger partial charge in [-0.2, -0.15) is 11.8 Å². The molecule has 1 aromatic rings. The van der Waals surface area contributed by atoms with Gasteiger partial charge in [-0.3, -0.25) is 4.90 Å². The first-order valence-electron chi connectivity index (χ1n) is 4.91. The fraction of sp³-hybridized carbons (Fsp3) is 0.600. The van der Waals surface area contributed by atoms with Gasteiger partial charge in [0.05, 0.1) is 3.79 Å². The lowest BCUT2D eigenvalue weighted by Gasteiger charge is -2.33. The highest BCUT2D eigenvalue weighted by atomic mass is 79.9. The van der Waals surface area contributed by atoms with E-state index in [9.17, 15) is 0 Å². The van der Waals surface area contributed by atoms with E-state index < -0.39 is 0 Å². The standard InChI is InChI=1S/C10H13Br2NS2/c11-5-8-7-14-4-3-13(8)6-9-1-2-10(12)15-9/h1-2,8H,3-7H2. The molecule has 1 saturated heterocycles. The zero-order valence-corrected chi connectivity index (χ0v) is 13.1. The lowest BCUT2D eigenvalue weighted by molar-refractivity contribution is 0.230. The highest BCUT2D eigenvalue weighted by Crippen LogP contribution is 2.26. The Balaban J connectivity index is 1.97. The number of nitrogens with zero attached hydrogens (tertiary/aromatic N) is 1. The van der Waals surface area contributed by atoms with E-state index >= 15 is 0 Å². The molecule has 0 N–H and O–H groups in total. The molecular weight excluding hydrogens is 358 g/mol. The molecule has 0 saturated carbocycles. The Morgan fingerprint density at radius 2 is 2.33 bits per heavy atom. The van der Waals surface area contributed by atoms with Crippen LogP contribution in [-0.2, 0) is 6.54 Å². The first-order valence-corrected chi connectivity index (χ1v) is 8.80. The third-order valence-corrected chi connectivity index (χ3v) is 5.96. The first kappa shape index (κ1) is 12.4. The van der Waals surface area contributed by atoms with E-state index in [1.807, 2.05) is 11.3 Å². The summed E-state index contributed by atoms with van der Waals surface area (Å²) in [7, 11) is 0. The highest BCUT2D eigenvalue weighted by Gasteiger charge is 2.21. The highest BCUT2D eigenvalue weighted by molar-refractivity contribution is 9.11. The first-order chi connectivity index (χ1) is 7.29. The van der Waals surface area contributed by atoms with Crippen molar-refractivity contribution < 1.29 is 0 Å². The molecule has 2 heterocycles. The number of thioether (sulfide) groups is 1. The molecule has 0 aliphatic carbocycles. The monoisotopic (exact) mass is 369 g/mol. The minimum atomic E-state index is 0.699. The van der Waals surface area contributed by atoms with E-state index in [0.29, 0.717) is 6.04 Å². The number of alkyl halides is 1. The van der Waals surface area contributed by atoms with Gasteiger partial charge < -0.3 is 0 Å². The van der Waals surface area contributed by atoms with E-state index in [-0.39, 0.29) is 0 Å².